The highest BCUT2D eigenvalue weighted by Gasteiger charge is 2.37. The Balaban J connectivity index is 1.68. The van der Waals surface area contributed by atoms with E-state index in [9.17, 15) is 0 Å². The van der Waals surface area contributed by atoms with Crippen LogP contribution in [0.1, 0.15) is 56.5 Å². The smallest absolute Gasteiger partial charge is 0.107 e. The second kappa shape index (κ2) is 4.49. The zero-order valence-corrected chi connectivity index (χ0v) is 10.9. The van der Waals surface area contributed by atoms with Gasteiger partial charge < -0.3 is 9.73 Å². The fraction of sp³-hybridized carbons (Fsp3) is 0.733. The van der Waals surface area contributed by atoms with E-state index < -0.39 is 0 Å². The summed E-state index contributed by atoms with van der Waals surface area (Å²) in [6, 6.07) is 4.42. The van der Waals surface area contributed by atoms with Gasteiger partial charge in [-0.2, -0.15) is 0 Å². The van der Waals surface area contributed by atoms with Crippen LogP contribution in [0.2, 0.25) is 0 Å². The van der Waals surface area contributed by atoms with E-state index in [1.807, 2.05) is 0 Å². The minimum absolute atomic E-state index is 0.583. The molecule has 2 nitrogen and oxygen atoms in total. The lowest BCUT2D eigenvalue weighted by atomic mass is 9.85. The number of hydrogen-bond donors (Lipinski definition) is 1. The largest absolute Gasteiger partial charge is 0.465 e. The first-order valence-corrected chi connectivity index (χ1v) is 7.06. The molecule has 0 amide bonds. The molecule has 1 aliphatic carbocycles. The summed E-state index contributed by atoms with van der Waals surface area (Å²) in [6.45, 7) is 6.97. The van der Waals surface area contributed by atoms with E-state index in [2.05, 4.69) is 31.3 Å². The molecule has 0 bridgehead atoms. The van der Waals surface area contributed by atoms with Crippen LogP contribution in [0.15, 0.2) is 16.5 Å². The van der Waals surface area contributed by atoms with Gasteiger partial charge in [-0.3, -0.25) is 0 Å². The van der Waals surface area contributed by atoms with Gasteiger partial charge in [-0.05, 0) is 56.3 Å². The Morgan fingerprint density at radius 2 is 2.00 bits per heavy atom. The Labute approximate surface area is 104 Å². The molecular formula is C15H23NO. The summed E-state index contributed by atoms with van der Waals surface area (Å²) in [5, 5.41) is 3.43. The third-order valence-corrected chi connectivity index (χ3v) is 4.66. The van der Waals surface area contributed by atoms with Gasteiger partial charge in [-0.25, -0.2) is 0 Å². The Morgan fingerprint density at radius 3 is 2.65 bits per heavy atom. The Hall–Kier alpha value is -0.760. The molecule has 1 saturated heterocycles. The number of piperidine rings is 1. The predicted molar refractivity (Wildman–Crippen MR) is 69.2 cm³/mol. The standard InChI is InChI=1S/C15H23NO/c1-10-9-13(10)15-4-3-14(17-15)11(2)12-5-7-16-8-6-12/h3-4,10-13,16H,5-9H2,1-2H3. The first-order valence-electron chi connectivity index (χ1n) is 7.06. The van der Waals surface area contributed by atoms with Gasteiger partial charge in [-0.15, -0.1) is 0 Å². The topological polar surface area (TPSA) is 25.2 Å². The highest BCUT2D eigenvalue weighted by molar-refractivity contribution is 5.19. The summed E-state index contributed by atoms with van der Waals surface area (Å²) in [5.74, 6) is 5.37. The second-order valence-corrected chi connectivity index (χ2v) is 5.94. The van der Waals surface area contributed by atoms with Crippen molar-refractivity contribution >= 4 is 0 Å². The summed E-state index contributed by atoms with van der Waals surface area (Å²) in [7, 11) is 0. The molecule has 3 rings (SSSR count). The van der Waals surface area contributed by atoms with E-state index in [-0.39, 0.29) is 0 Å². The molecule has 94 valence electrons. The van der Waals surface area contributed by atoms with Crippen molar-refractivity contribution in [2.24, 2.45) is 11.8 Å². The number of furan rings is 1. The summed E-state index contributed by atoms with van der Waals surface area (Å²) < 4.78 is 6.07. The van der Waals surface area contributed by atoms with Crippen LogP contribution in [0.5, 0.6) is 0 Å². The lowest BCUT2D eigenvalue weighted by molar-refractivity contribution is 0.296. The maximum atomic E-state index is 6.07. The van der Waals surface area contributed by atoms with Crippen molar-refractivity contribution in [1.29, 1.82) is 0 Å². The van der Waals surface area contributed by atoms with Gasteiger partial charge in [0, 0.05) is 11.8 Å². The first-order chi connectivity index (χ1) is 8.25. The maximum absolute atomic E-state index is 6.07. The molecule has 2 fully saturated rings. The molecule has 1 aromatic heterocycles. The summed E-state index contributed by atoms with van der Waals surface area (Å²) in [5.41, 5.74) is 0. The first kappa shape index (κ1) is 11.3. The summed E-state index contributed by atoms with van der Waals surface area (Å²) in [6.07, 6.45) is 3.89. The average molecular weight is 233 g/mol. The molecule has 0 spiro atoms. The van der Waals surface area contributed by atoms with Crippen molar-refractivity contribution in [1.82, 2.24) is 5.32 Å². The highest BCUT2D eigenvalue weighted by Crippen LogP contribution is 2.48. The van der Waals surface area contributed by atoms with Crippen LogP contribution in [0, 0.1) is 11.8 Å². The molecule has 0 aromatic carbocycles. The molecular weight excluding hydrogens is 210 g/mol. The van der Waals surface area contributed by atoms with Gasteiger partial charge in [-0.1, -0.05) is 13.8 Å². The molecule has 17 heavy (non-hydrogen) atoms. The normalized spacial score (nSPS) is 31.4. The third-order valence-electron chi connectivity index (χ3n) is 4.66. The van der Waals surface area contributed by atoms with E-state index in [1.54, 1.807) is 0 Å². The van der Waals surface area contributed by atoms with E-state index >= 15 is 0 Å². The van der Waals surface area contributed by atoms with Crippen LogP contribution in [-0.2, 0) is 0 Å². The van der Waals surface area contributed by atoms with Gasteiger partial charge >= 0.3 is 0 Å². The van der Waals surface area contributed by atoms with Crippen LogP contribution in [-0.4, -0.2) is 13.1 Å². The van der Waals surface area contributed by atoms with Crippen molar-refractivity contribution in [2.45, 2.75) is 44.9 Å². The van der Waals surface area contributed by atoms with Gasteiger partial charge in [0.2, 0.25) is 0 Å². The zero-order valence-electron chi connectivity index (χ0n) is 10.9. The Bertz CT molecular complexity index is 378. The summed E-state index contributed by atoms with van der Waals surface area (Å²) >= 11 is 0. The lowest BCUT2D eigenvalue weighted by Gasteiger charge is -2.26. The SMILES string of the molecule is CC1CC1c1ccc(C(C)C2CCNCC2)o1. The molecule has 1 aliphatic heterocycles. The van der Waals surface area contributed by atoms with Gasteiger partial charge in [0.05, 0.1) is 0 Å². The Morgan fingerprint density at radius 1 is 1.29 bits per heavy atom. The zero-order chi connectivity index (χ0) is 11.8. The van der Waals surface area contributed by atoms with Crippen LogP contribution in [0.4, 0.5) is 0 Å². The van der Waals surface area contributed by atoms with Crippen LogP contribution in [0.25, 0.3) is 0 Å². The van der Waals surface area contributed by atoms with Crippen molar-refractivity contribution in [3.8, 4) is 0 Å². The number of nitrogens with one attached hydrogen (secondary N) is 1. The van der Waals surface area contributed by atoms with Crippen LogP contribution < -0.4 is 5.32 Å². The molecule has 1 aromatic rings. The minimum Gasteiger partial charge on any atom is -0.465 e. The Kier molecular flexibility index (Phi) is 2.99. The third kappa shape index (κ3) is 2.28. The molecule has 3 unspecified atom stereocenters. The number of hydrogen-bond acceptors (Lipinski definition) is 2. The molecule has 3 atom stereocenters. The maximum Gasteiger partial charge on any atom is 0.107 e. The fourth-order valence-electron chi connectivity index (χ4n) is 3.11. The van der Waals surface area contributed by atoms with E-state index in [0.717, 1.165) is 11.8 Å². The monoisotopic (exact) mass is 233 g/mol. The fourth-order valence-corrected chi connectivity index (χ4v) is 3.11. The van der Waals surface area contributed by atoms with Gasteiger partial charge in [0.15, 0.2) is 0 Å². The van der Waals surface area contributed by atoms with Crippen molar-refractivity contribution in [3.05, 3.63) is 23.7 Å². The van der Waals surface area contributed by atoms with E-state index in [4.69, 9.17) is 4.42 Å². The van der Waals surface area contributed by atoms with E-state index in [1.165, 1.54) is 43.9 Å². The van der Waals surface area contributed by atoms with E-state index in [0.29, 0.717) is 11.8 Å². The minimum atomic E-state index is 0.583. The average Bonchev–Trinajstić information content (AvgIpc) is 2.92. The molecule has 2 aliphatic rings. The lowest BCUT2D eigenvalue weighted by Crippen LogP contribution is -2.30. The predicted octanol–water partition coefficient (Wildman–Crippen LogP) is 3.51. The van der Waals surface area contributed by atoms with Crippen molar-refractivity contribution in [3.63, 3.8) is 0 Å². The molecule has 1 saturated carbocycles. The molecule has 0 radical (unpaired) electrons. The van der Waals surface area contributed by atoms with Crippen LogP contribution in [0.3, 0.4) is 0 Å². The van der Waals surface area contributed by atoms with Crippen molar-refractivity contribution in [2.75, 3.05) is 13.1 Å². The quantitative estimate of drug-likeness (QED) is 0.864. The van der Waals surface area contributed by atoms with Crippen molar-refractivity contribution < 1.29 is 4.42 Å². The second-order valence-electron chi connectivity index (χ2n) is 5.94. The van der Waals surface area contributed by atoms with Gasteiger partial charge in [0.25, 0.3) is 0 Å². The molecule has 1 N–H and O–H groups in total. The number of rotatable bonds is 3. The highest BCUT2D eigenvalue weighted by atomic mass is 16.3. The summed E-state index contributed by atoms with van der Waals surface area (Å²) in [4.78, 5) is 0. The van der Waals surface area contributed by atoms with Crippen LogP contribution >= 0.6 is 0 Å². The molecule has 2 heteroatoms. The van der Waals surface area contributed by atoms with Gasteiger partial charge in [0.1, 0.15) is 11.5 Å². The molecule has 2 heterocycles.